The van der Waals surface area contributed by atoms with E-state index < -0.39 is 18.1 Å². The highest BCUT2D eigenvalue weighted by molar-refractivity contribution is 5.75. The van der Waals surface area contributed by atoms with Crippen LogP contribution >= 0.6 is 0 Å². The Kier molecular flexibility index (Phi) is 7.98. The van der Waals surface area contributed by atoms with Gasteiger partial charge in [-0.05, 0) is 18.4 Å². The number of aliphatic carboxylic acids is 1. The first-order valence-electron chi connectivity index (χ1n) is 7.21. The van der Waals surface area contributed by atoms with Crippen molar-refractivity contribution in [1.82, 2.24) is 5.32 Å². The summed E-state index contributed by atoms with van der Waals surface area (Å²) < 4.78 is 5.07. The number of alkyl carbamates (subject to hydrolysis) is 1. The van der Waals surface area contributed by atoms with Crippen molar-refractivity contribution < 1.29 is 19.4 Å². The van der Waals surface area contributed by atoms with Crippen LogP contribution in [0.5, 0.6) is 0 Å². The largest absolute Gasteiger partial charge is 0.481 e. The van der Waals surface area contributed by atoms with E-state index in [9.17, 15) is 9.59 Å². The number of rotatable bonds is 9. The van der Waals surface area contributed by atoms with Gasteiger partial charge >= 0.3 is 12.1 Å². The number of carboxylic acid groups (broad SMARTS) is 1. The molecule has 126 valence electrons. The van der Waals surface area contributed by atoms with Crippen LogP contribution < -0.4 is 16.8 Å². The first-order chi connectivity index (χ1) is 11.0. The normalized spacial score (nSPS) is 11.3. The molecule has 0 fully saturated rings. The van der Waals surface area contributed by atoms with E-state index in [1.165, 1.54) is 0 Å². The van der Waals surface area contributed by atoms with Crippen molar-refractivity contribution >= 4 is 18.0 Å². The summed E-state index contributed by atoms with van der Waals surface area (Å²) in [6, 6.07) is 8.67. The standard InChI is InChI=1S/C15H22N4O4/c16-14(17)18-8-4-7-12(9-13(20)21)19-15(22)23-10-11-5-2-1-3-6-11/h1-3,5-6,12H,4,7-10H2,(H,19,22)(H,20,21)(H4,16,17,18)/t12-/m1/s1. The summed E-state index contributed by atoms with van der Waals surface area (Å²) in [4.78, 5) is 26.4. The molecule has 6 N–H and O–H groups in total. The molecule has 0 aliphatic carbocycles. The van der Waals surface area contributed by atoms with E-state index >= 15 is 0 Å². The summed E-state index contributed by atoms with van der Waals surface area (Å²) in [6.45, 7) is 0.500. The van der Waals surface area contributed by atoms with Crippen molar-refractivity contribution in [3.63, 3.8) is 0 Å². The monoisotopic (exact) mass is 322 g/mol. The number of benzene rings is 1. The van der Waals surface area contributed by atoms with Crippen LogP contribution in [0.4, 0.5) is 4.79 Å². The van der Waals surface area contributed by atoms with Gasteiger partial charge in [0.1, 0.15) is 6.61 Å². The van der Waals surface area contributed by atoms with Gasteiger partial charge in [0.05, 0.1) is 6.42 Å². The lowest BCUT2D eigenvalue weighted by molar-refractivity contribution is -0.137. The number of nitrogens with one attached hydrogen (secondary N) is 1. The fraction of sp³-hybridized carbons (Fsp3) is 0.400. The molecule has 1 amide bonds. The number of guanidine groups is 1. The molecular weight excluding hydrogens is 300 g/mol. The minimum Gasteiger partial charge on any atom is -0.481 e. The highest BCUT2D eigenvalue weighted by Crippen LogP contribution is 2.05. The maximum atomic E-state index is 11.8. The molecule has 0 bridgehead atoms. The third-order valence-electron chi connectivity index (χ3n) is 2.96. The zero-order valence-electron chi connectivity index (χ0n) is 12.8. The van der Waals surface area contributed by atoms with Crippen LogP contribution in [0.25, 0.3) is 0 Å². The van der Waals surface area contributed by atoms with Crippen molar-refractivity contribution in [2.75, 3.05) is 6.54 Å². The van der Waals surface area contributed by atoms with Crippen molar-refractivity contribution in [3.8, 4) is 0 Å². The quantitative estimate of drug-likeness (QED) is 0.301. The van der Waals surface area contributed by atoms with Crippen LogP contribution in [0.15, 0.2) is 35.3 Å². The number of hydrogen-bond donors (Lipinski definition) is 4. The van der Waals surface area contributed by atoms with Crippen LogP contribution in [0.1, 0.15) is 24.8 Å². The summed E-state index contributed by atoms with van der Waals surface area (Å²) in [5.41, 5.74) is 11.3. The molecule has 0 aliphatic heterocycles. The van der Waals surface area contributed by atoms with E-state index in [4.69, 9.17) is 21.3 Å². The average Bonchev–Trinajstić information content (AvgIpc) is 2.49. The first-order valence-corrected chi connectivity index (χ1v) is 7.21. The second kappa shape index (κ2) is 10.0. The van der Waals surface area contributed by atoms with E-state index in [0.717, 1.165) is 5.56 Å². The lowest BCUT2D eigenvalue weighted by atomic mass is 10.1. The molecule has 1 aromatic rings. The summed E-state index contributed by atoms with van der Waals surface area (Å²) in [5.74, 6) is -1.02. The molecule has 8 heteroatoms. The number of carboxylic acids is 1. The third kappa shape index (κ3) is 8.97. The molecule has 23 heavy (non-hydrogen) atoms. The van der Waals surface area contributed by atoms with Crippen LogP contribution in [-0.2, 0) is 16.1 Å². The molecule has 0 unspecified atom stereocenters. The zero-order chi connectivity index (χ0) is 17.1. The van der Waals surface area contributed by atoms with Gasteiger partial charge in [0, 0.05) is 12.6 Å². The molecule has 1 atom stereocenters. The maximum Gasteiger partial charge on any atom is 0.407 e. The van der Waals surface area contributed by atoms with Gasteiger partial charge in [-0.15, -0.1) is 0 Å². The maximum absolute atomic E-state index is 11.8. The lowest BCUT2D eigenvalue weighted by Gasteiger charge is -2.16. The molecule has 1 rings (SSSR count). The number of aliphatic imine (C=N–C) groups is 1. The number of nitrogens with zero attached hydrogens (tertiary/aromatic N) is 1. The molecule has 0 heterocycles. The Labute approximate surface area is 134 Å². The van der Waals surface area contributed by atoms with Gasteiger partial charge in [-0.2, -0.15) is 0 Å². The van der Waals surface area contributed by atoms with Crippen molar-refractivity contribution in [3.05, 3.63) is 35.9 Å². The van der Waals surface area contributed by atoms with Crippen molar-refractivity contribution in [2.45, 2.75) is 31.9 Å². The average molecular weight is 322 g/mol. The van der Waals surface area contributed by atoms with Crippen LogP contribution in [-0.4, -0.2) is 35.7 Å². The third-order valence-corrected chi connectivity index (χ3v) is 2.96. The van der Waals surface area contributed by atoms with Crippen molar-refractivity contribution in [2.24, 2.45) is 16.5 Å². The lowest BCUT2D eigenvalue weighted by Crippen LogP contribution is -2.37. The number of amides is 1. The SMILES string of the molecule is NC(N)=NCCC[C@H](CC(=O)O)NC(=O)OCc1ccccc1. The molecule has 0 saturated heterocycles. The number of carbonyl (C=O) groups is 2. The molecule has 1 aromatic carbocycles. The number of carbonyl (C=O) groups excluding carboxylic acids is 1. The Hall–Kier alpha value is -2.77. The van der Waals surface area contributed by atoms with E-state index in [1.54, 1.807) is 0 Å². The minimum atomic E-state index is -1.000. The summed E-state index contributed by atoms with van der Waals surface area (Å²) in [5, 5.41) is 11.4. The van der Waals surface area contributed by atoms with Crippen molar-refractivity contribution in [1.29, 1.82) is 0 Å². The fourth-order valence-electron chi connectivity index (χ4n) is 1.91. The highest BCUT2D eigenvalue weighted by Gasteiger charge is 2.16. The Bertz CT molecular complexity index is 530. The van der Waals surface area contributed by atoms with Crippen LogP contribution in [0.2, 0.25) is 0 Å². The fourth-order valence-corrected chi connectivity index (χ4v) is 1.91. The molecule has 0 saturated carbocycles. The Morgan fingerprint density at radius 1 is 1.26 bits per heavy atom. The second-order valence-corrected chi connectivity index (χ2v) is 4.95. The molecule has 0 radical (unpaired) electrons. The Balaban J connectivity index is 2.40. The van der Waals surface area contributed by atoms with Gasteiger partial charge in [0.15, 0.2) is 5.96 Å². The van der Waals surface area contributed by atoms with Crippen LogP contribution in [0, 0.1) is 0 Å². The predicted octanol–water partition coefficient (Wildman–Crippen LogP) is 0.810. The van der Waals surface area contributed by atoms with E-state index in [0.29, 0.717) is 19.4 Å². The zero-order valence-corrected chi connectivity index (χ0v) is 12.8. The number of ether oxygens (including phenoxy) is 1. The number of nitrogens with two attached hydrogens (primary N) is 2. The summed E-state index contributed by atoms with van der Waals surface area (Å²) >= 11 is 0. The number of hydrogen-bond acceptors (Lipinski definition) is 4. The van der Waals surface area contributed by atoms with Gasteiger partial charge in [0.25, 0.3) is 0 Å². The van der Waals surface area contributed by atoms with Gasteiger partial charge in [-0.25, -0.2) is 4.79 Å². The highest BCUT2D eigenvalue weighted by atomic mass is 16.5. The van der Waals surface area contributed by atoms with Gasteiger partial charge < -0.3 is 26.6 Å². The molecule has 0 aliphatic rings. The summed E-state index contributed by atoms with van der Waals surface area (Å²) in [6.07, 6.45) is 0.141. The minimum absolute atomic E-state index is 0.0185. The topological polar surface area (TPSA) is 140 Å². The first kappa shape index (κ1) is 18.3. The van der Waals surface area contributed by atoms with Gasteiger partial charge in [-0.1, -0.05) is 30.3 Å². The molecular formula is C15H22N4O4. The molecule has 8 nitrogen and oxygen atoms in total. The van der Waals surface area contributed by atoms with E-state index in [-0.39, 0.29) is 19.0 Å². The Morgan fingerprint density at radius 2 is 1.96 bits per heavy atom. The molecule has 0 spiro atoms. The van der Waals surface area contributed by atoms with Gasteiger partial charge in [-0.3, -0.25) is 9.79 Å². The Morgan fingerprint density at radius 3 is 2.57 bits per heavy atom. The predicted molar refractivity (Wildman–Crippen MR) is 85.7 cm³/mol. The van der Waals surface area contributed by atoms with Gasteiger partial charge in [0.2, 0.25) is 0 Å². The van der Waals surface area contributed by atoms with E-state index in [2.05, 4.69) is 10.3 Å². The molecule has 0 aromatic heterocycles. The van der Waals surface area contributed by atoms with Crippen LogP contribution in [0.3, 0.4) is 0 Å². The smallest absolute Gasteiger partial charge is 0.407 e. The summed E-state index contributed by atoms with van der Waals surface area (Å²) in [7, 11) is 0. The van der Waals surface area contributed by atoms with E-state index in [1.807, 2.05) is 30.3 Å². The second-order valence-electron chi connectivity index (χ2n) is 4.95.